The second-order valence-corrected chi connectivity index (χ2v) is 6.47. The van der Waals surface area contributed by atoms with E-state index in [1.807, 2.05) is 13.8 Å². The van der Waals surface area contributed by atoms with Gasteiger partial charge in [-0.3, -0.25) is 4.79 Å². The summed E-state index contributed by atoms with van der Waals surface area (Å²) < 4.78 is 4.80. The van der Waals surface area contributed by atoms with Gasteiger partial charge in [-0.25, -0.2) is 4.98 Å². The van der Waals surface area contributed by atoms with Gasteiger partial charge in [0.05, 0.1) is 0 Å². The molecule has 0 saturated carbocycles. The molecule has 1 rings (SSSR count). The molecule has 1 aromatic heterocycles. The van der Waals surface area contributed by atoms with E-state index in [1.165, 1.54) is 17.9 Å². The van der Waals surface area contributed by atoms with Crippen molar-refractivity contribution in [2.75, 3.05) is 6.54 Å². The Kier molecular flexibility index (Phi) is 5.35. The number of aliphatic carboxylic acids is 1. The lowest BCUT2D eigenvalue weighted by Crippen LogP contribution is -2.50. The number of hydrogen-bond acceptors (Lipinski definition) is 6. The molecule has 0 bridgehead atoms. The first-order valence-corrected chi connectivity index (χ1v) is 7.05. The quantitative estimate of drug-likeness (QED) is 0.740. The fourth-order valence-corrected chi connectivity index (χ4v) is 3.57. The maximum Gasteiger partial charge on any atom is 0.323 e. The molecular formula is C10H17N3O2S2. The van der Waals surface area contributed by atoms with Crippen molar-refractivity contribution in [1.82, 2.24) is 14.7 Å². The van der Waals surface area contributed by atoms with Crippen LogP contribution in [0, 0.1) is 0 Å². The average Bonchev–Trinajstić information content (AvgIpc) is 2.70. The minimum absolute atomic E-state index is 0.170. The van der Waals surface area contributed by atoms with Gasteiger partial charge in [-0.1, -0.05) is 25.6 Å². The number of carbonyl (C=O) groups is 1. The molecule has 0 saturated heterocycles. The lowest BCUT2D eigenvalue weighted by molar-refractivity contribution is -0.144. The summed E-state index contributed by atoms with van der Waals surface area (Å²) in [5.74, 6) is -0.816. The lowest BCUT2D eigenvalue weighted by Gasteiger charge is -2.28. The van der Waals surface area contributed by atoms with Crippen molar-refractivity contribution in [3.8, 4) is 0 Å². The van der Waals surface area contributed by atoms with E-state index >= 15 is 0 Å². The highest BCUT2D eigenvalue weighted by Gasteiger charge is 2.34. The molecule has 1 heterocycles. The maximum absolute atomic E-state index is 11.3. The van der Waals surface area contributed by atoms with E-state index in [4.69, 9.17) is 0 Å². The summed E-state index contributed by atoms with van der Waals surface area (Å²) in [6.07, 6.45) is 2.06. The minimum Gasteiger partial charge on any atom is -0.480 e. The summed E-state index contributed by atoms with van der Waals surface area (Å²) in [4.78, 5) is 15.3. The van der Waals surface area contributed by atoms with Gasteiger partial charge in [-0.2, -0.15) is 4.37 Å². The number of nitrogens with zero attached hydrogens (tertiary/aromatic N) is 2. The van der Waals surface area contributed by atoms with Gasteiger partial charge in [0.15, 0.2) is 4.34 Å². The third-order valence-corrected chi connectivity index (χ3v) is 4.23. The second kappa shape index (κ2) is 6.32. The summed E-state index contributed by atoms with van der Waals surface area (Å²) in [5.41, 5.74) is -0.883. The molecule has 96 valence electrons. The SMILES string of the molecule is CCNC(C)(CC(C)Sc1ncns1)C(=O)O. The first kappa shape index (κ1) is 14.4. The van der Waals surface area contributed by atoms with Crippen LogP contribution in [0.15, 0.2) is 10.7 Å². The van der Waals surface area contributed by atoms with Crippen LogP contribution in [0.2, 0.25) is 0 Å². The predicted octanol–water partition coefficient (Wildman–Crippen LogP) is 1.86. The standard InChI is InChI=1S/C10H17N3O2S2/c1-4-12-10(3,8(14)15)5-7(2)16-9-11-6-13-17-9/h6-7,12H,4-5H2,1-3H3,(H,14,15). The van der Waals surface area contributed by atoms with Crippen molar-refractivity contribution in [2.45, 2.75) is 42.3 Å². The number of rotatable bonds is 7. The summed E-state index contributed by atoms with van der Waals surface area (Å²) in [6.45, 7) is 6.27. The van der Waals surface area contributed by atoms with E-state index in [9.17, 15) is 9.90 Å². The van der Waals surface area contributed by atoms with E-state index in [0.29, 0.717) is 13.0 Å². The molecule has 0 aliphatic carbocycles. The minimum atomic E-state index is -0.883. The Morgan fingerprint density at radius 1 is 1.76 bits per heavy atom. The molecule has 7 heteroatoms. The van der Waals surface area contributed by atoms with Crippen molar-refractivity contribution in [3.63, 3.8) is 0 Å². The Hall–Kier alpha value is -0.660. The van der Waals surface area contributed by atoms with Crippen molar-refractivity contribution in [1.29, 1.82) is 0 Å². The van der Waals surface area contributed by atoms with Crippen molar-refractivity contribution in [3.05, 3.63) is 6.33 Å². The van der Waals surface area contributed by atoms with Crippen LogP contribution in [0.5, 0.6) is 0 Å². The zero-order valence-electron chi connectivity index (χ0n) is 10.1. The topological polar surface area (TPSA) is 75.1 Å². The molecule has 17 heavy (non-hydrogen) atoms. The van der Waals surface area contributed by atoms with E-state index < -0.39 is 11.5 Å². The molecule has 1 aromatic rings. The van der Waals surface area contributed by atoms with Crippen LogP contribution < -0.4 is 5.32 Å². The number of likely N-dealkylation sites (N-methyl/N-ethyl adjacent to an activating group) is 1. The van der Waals surface area contributed by atoms with E-state index in [2.05, 4.69) is 14.7 Å². The molecule has 0 spiro atoms. The van der Waals surface area contributed by atoms with Gasteiger partial charge in [0, 0.05) is 5.25 Å². The van der Waals surface area contributed by atoms with Crippen molar-refractivity contribution in [2.24, 2.45) is 0 Å². The van der Waals surface area contributed by atoms with Gasteiger partial charge in [0.25, 0.3) is 0 Å². The summed E-state index contributed by atoms with van der Waals surface area (Å²) >= 11 is 2.89. The van der Waals surface area contributed by atoms with Gasteiger partial charge in [-0.15, -0.1) is 0 Å². The molecule has 2 N–H and O–H groups in total. The maximum atomic E-state index is 11.3. The first-order valence-electron chi connectivity index (χ1n) is 5.39. The van der Waals surface area contributed by atoms with Crippen LogP contribution in [-0.2, 0) is 4.79 Å². The van der Waals surface area contributed by atoms with Gasteiger partial charge in [-0.05, 0) is 31.4 Å². The average molecular weight is 275 g/mol. The number of carboxylic acid groups (broad SMARTS) is 1. The Bertz CT molecular complexity index is 358. The second-order valence-electron chi connectivity index (χ2n) is 4.01. The van der Waals surface area contributed by atoms with Crippen molar-refractivity contribution < 1.29 is 9.90 Å². The normalized spacial score (nSPS) is 16.4. The van der Waals surface area contributed by atoms with Crippen LogP contribution in [0.25, 0.3) is 0 Å². The van der Waals surface area contributed by atoms with Crippen molar-refractivity contribution >= 4 is 29.3 Å². The fourth-order valence-electron chi connectivity index (χ4n) is 1.63. The van der Waals surface area contributed by atoms with Crippen LogP contribution in [0.4, 0.5) is 0 Å². The smallest absolute Gasteiger partial charge is 0.323 e. The van der Waals surface area contributed by atoms with Gasteiger partial charge in [0.2, 0.25) is 0 Å². The Balaban J connectivity index is 2.58. The Morgan fingerprint density at radius 3 is 2.94 bits per heavy atom. The van der Waals surface area contributed by atoms with Gasteiger partial charge < -0.3 is 10.4 Å². The predicted molar refractivity (Wildman–Crippen MR) is 69.6 cm³/mol. The third-order valence-electron chi connectivity index (χ3n) is 2.38. The highest BCUT2D eigenvalue weighted by atomic mass is 32.2. The van der Waals surface area contributed by atoms with Crippen LogP contribution in [0.3, 0.4) is 0 Å². The number of carboxylic acids is 1. The number of hydrogen-bond donors (Lipinski definition) is 2. The van der Waals surface area contributed by atoms with E-state index in [1.54, 1.807) is 18.7 Å². The molecule has 5 nitrogen and oxygen atoms in total. The van der Waals surface area contributed by atoms with Gasteiger partial charge in [0.1, 0.15) is 11.9 Å². The van der Waals surface area contributed by atoms with Crippen LogP contribution >= 0.6 is 23.3 Å². The molecule has 0 aliphatic rings. The van der Waals surface area contributed by atoms with E-state index in [-0.39, 0.29) is 5.25 Å². The van der Waals surface area contributed by atoms with Crippen LogP contribution in [-0.4, -0.2) is 37.8 Å². The highest BCUT2D eigenvalue weighted by molar-refractivity contribution is 8.01. The highest BCUT2D eigenvalue weighted by Crippen LogP contribution is 2.29. The van der Waals surface area contributed by atoms with Crippen LogP contribution in [0.1, 0.15) is 27.2 Å². The third kappa shape index (κ3) is 4.25. The fraction of sp³-hybridized carbons (Fsp3) is 0.700. The summed E-state index contributed by atoms with van der Waals surface area (Å²) in [5, 5.41) is 12.4. The number of thioether (sulfide) groups is 1. The molecule has 2 atom stereocenters. The number of nitrogens with one attached hydrogen (secondary N) is 1. The zero-order valence-corrected chi connectivity index (χ0v) is 11.8. The Morgan fingerprint density at radius 2 is 2.47 bits per heavy atom. The molecule has 0 fully saturated rings. The first-order chi connectivity index (χ1) is 7.98. The zero-order chi connectivity index (χ0) is 12.9. The molecule has 0 aliphatic heterocycles. The lowest BCUT2D eigenvalue weighted by atomic mass is 9.96. The Labute approximate surface area is 109 Å². The summed E-state index contributed by atoms with van der Waals surface area (Å²) in [6, 6.07) is 0. The van der Waals surface area contributed by atoms with E-state index in [0.717, 1.165) is 4.34 Å². The largest absolute Gasteiger partial charge is 0.480 e. The molecular weight excluding hydrogens is 258 g/mol. The monoisotopic (exact) mass is 275 g/mol. The molecule has 0 aromatic carbocycles. The molecule has 2 unspecified atom stereocenters. The summed E-state index contributed by atoms with van der Waals surface area (Å²) in [7, 11) is 0. The number of aromatic nitrogens is 2. The molecule has 0 amide bonds. The van der Waals surface area contributed by atoms with Gasteiger partial charge >= 0.3 is 5.97 Å². The molecule has 0 radical (unpaired) electrons.